The van der Waals surface area contributed by atoms with Crippen molar-refractivity contribution in [3.8, 4) is 0 Å². The molecule has 130 valence electrons. The van der Waals surface area contributed by atoms with Crippen LogP contribution in [-0.4, -0.2) is 67.0 Å². The van der Waals surface area contributed by atoms with Crippen molar-refractivity contribution in [2.24, 2.45) is 23.7 Å². The molecule has 4 aliphatic rings. The van der Waals surface area contributed by atoms with E-state index in [1.807, 2.05) is 0 Å². The molecule has 8 heteroatoms. The monoisotopic (exact) mass is 344 g/mol. The number of sulfonamides is 1. The van der Waals surface area contributed by atoms with E-state index in [9.17, 15) is 23.1 Å². The van der Waals surface area contributed by atoms with Crippen LogP contribution in [0.5, 0.6) is 0 Å². The van der Waals surface area contributed by atoms with E-state index in [1.54, 1.807) is 4.90 Å². The third-order valence-corrected chi connectivity index (χ3v) is 7.11. The molecule has 1 aliphatic heterocycles. The molecule has 0 aromatic heterocycles. The summed E-state index contributed by atoms with van der Waals surface area (Å²) in [5.74, 6) is -1.65. The van der Waals surface area contributed by atoms with Crippen LogP contribution >= 0.6 is 0 Å². The van der Waals surface area contributed by atoms with Crippen molar-refractivity contribution >= 4 is 21.9 Å². The summed E-state index contributed by atoms with van der Waals surface area (Å²) >= 11 is 0. The Labute approximate surface area is 136 Å². The van der Waals surface area contributed by atoms with Gasteiger partial charge >= 0.3 is 5.97 Å². The van der Waals surface area contributed by atoms with Crippen LogP contribution < -0.4 is 0 Å². The Morgan fingerprint density at radius 3 is 1.83 bits per heavy atom. The van der Waals surface area contributed by atoms with Crippen LogP contribution in [-0.2, 0) is 19.6 Å². The van der Waals surface area contributed by atoms with Gasteiger partial charge in [0, 0.05) is 26.2 Å². The van der Waals surface area contributed by atoms with Gasteiger partial charge in [-0.05, 0) is 37.5 Å². The number of rotatable bonds is 3. The lowest BCUT2D eigenvalue weighted by Gasteiger charge is -2.47. The summed E-state index contributed by atoms with van der Waals surface area (Å²) in [6.45, 7) is 1.30. The zero-order valence-corrected chi connectivity index (χ0v) is 14.2. The Kier molecular flexibility index (Phi) is 4.39. The fourth-order valence-corrected chi connectivity index (χ4v) is 5.44. The number of hydrogen-bond acceptors (Lipinski definition) is 4. The van der Waals surface area contributed by atoms with Crippen molar-refractivity contribution in [1.29, 1.82) is 0 Å². The van der Waals surface area contributed by atoms with Crippen LogP contribution in [0.4, 0.5) is 0 Å². The molecule has 0 spiro atoms. The first-order valence-corrected chi connectivity index (χ1v) is 10.1. The molecule has 2 atom stereocenters. The van der Waals surface area contributed by atoms with Gasteiger partial charge in [-0.2, -0.15) is 4.31 Å². The molecule has 2 bridgehead atoms. The average molecular weight is 344 g/mol. The maximum Gasteiger partial charge on any atom is 0.307 e. The highest BCUT2D eigenvalue weighted by molar-refractivity contribution is 7.88. The second kappa shape index (κ2) is 6.05. The van der Waals surface area contributed by atoms with Gasteiger partial charge in [-0.15, -0.1) is 0 Å². The molecule has 0 aromatic carbocycles. The van der Waals surface area contributed by atoms with Crippen molar-refractivity contribution < 1.29 is 23.1 Å². The van der Waals surface area contributed by atoms with Gasteiger partial charge in [-0.3, -0.25) is 9.59 Å². The second-order valence-electron chi connectivity index (χ2n) is 7.05. The minimum Gasteiger partial charge on any atom is -0.481 e. The van der Waals surface area contributed by atoms with Crippen molar-refractivity contribution in [1.82, 2.24) is 9.21 Å². The largest absolute Gasteiger partial charge is 0.481 e. The fourth-order valence-electron chi connectivity index (χ4n) is 4.61. The average Bonchev–Trinajstić information content (AvgIpc) is 2.53. The van der Waals surface area contributed by atoms with Gasteiger partial charge in [0.05, 0.1) is 18.1 Å². The molecule has 0 radical (unpaired) electrons. The lowest BCUT2D eigenvalue weighted by Crippen LogP contribution is -2.56. The van der Waals surface area contributed by atoms with Crippen LogP contribution in [0, 0.1) is 23.7 Å². The lowest BCUT2D eigenvalue weighted by molar-refractivity contribution is -0.162. The Bertz CT molecular complexity index is 589. The summed E-state index contributed by atoms with van der Waals surface area (Å²) in [5, 5.41) is 9.57. The summed E-state index contributed by atoms with van der Waals surface area (Å²) in [6, 6.07) is 0. The molecule has 3 aliphatic carbocycles. The van der Waals surface area contributed by atoms with Crippen LogP contribution in [0.3, 0.4) is 0 Å². The first-order chi connectivity index (χ1) is 10.8. The number of nitrogens with zero attached hydrogens (tertiary/aromatic N) is 2. The van der Waals surface area contributed by atoms with Crippen molar-refractivity contribution in [3.05, 3.63) is 0 Å². The highest BCUT2D eigenvalue weighted by atomic mass is 32.2. The normalized spacial score (nSPS) is 35.3. The molecule has 0 aromatic rings. The third kappa shape index (κ3) is 3.10. The minimum absolute atomic E-state index is 0.0834. The van der Waals surface area contributed by atoms with E-state index in [1.165, 1.54) is 10.6 Å². The van der Waals surface area contributed by atoms with Gasteiger partial charge in [0.25, 0.3) is 0 Å². The molecule has 0 unspecified atom stereocenters. The van der Waals surface area contributed by atoms with E-state index in [2.05, 4.69) is 0 Å². The second-order valence-corrected chi connectivity index (χ2v) is 9.03. The van der Waals surface area contributed by atoms with Crippen LogP contribution in [0.2, 0.25) is 0 Å². The number of aliphatic carboxylic acids is 1. The summed E-state index contributed by atoms with van der Waals surface area (Å²) in [6.07, 6.45) is 4.87. The third-order valence-electron chi connectivity index (χ3n) is 5.81. The topological polar surface area (TPSA) is 95.0 Å². The molecule has 4 rings (SSSR count). The predicted molar refractivity (Wildman–Crippen MR) is 83.1 cm³/mol. The van der Waals surface area contributed by atoms with Crippen molar-refractivity contribution in [3.63, 3.8) is 0 Å². The maximum absolute atomic E-state index is 12.9. The smallest absolute Gasteiger partial charge is 0.307 e. The SMILES string of the molecule is CS(=O)(=O)N1CCN(C(=O)[C@H]2C3CCC(CC3)[C@@H]2C(=O)O)CC1. The highest BCUT2D eigenvalue weighted by Gasteiger charge is 2.51. The highest BCUT2D eigenvalue weighted by Crippen LogP contribution is 2.49. The Morgan fingerprint density at radius 2 is 1.39 bits per heavy atom. The summed E-state index contributed by atoms with van der Waals surface area (Å²) in [4.78, 5) is 26.2. The maximum atomic E-state index is 12.9. The molecule has 4 fully saturated rings. The number of amides is 1. The zero-order valence-electron chi connectivity index (χ0n) is 13.3. The van der Waals surface area contributed by atoms with E-state index in [0.29, 0.717) is 26.2 Å². The van der Waals surface area contributed by atoms with E-state index in [0.717, 1.165) is 25.7 Å². The Morgan fingerprint density at radius 1 is 0.913 bits per heavy atom. The van der Waals surface area contributed by atoms with Gasteiger partial charge in [0.2, 0.25) is 15.9 Å². The van der Waals surface area contributed by atoms with Crippen molar-refractivity contribution in [2.45, 2.75) is 25.7 Å². The Balaban J connectivity index is 1.71. The quantitative estimate of drug-likeness (QED) is 0.791. The fraction of sp³-hybridized carbons (Fsp3) is 0.867. The van der Waals surface area contributed by atoms with E-state index in [-0.39, 0.29) is 17.7 Å². The number of piperazine rings is 1. The van der Waals surface area contributed by atoms with E-state index < -0.39 is 27.8 Å². The molecule has 23 heavy (non-hydrogen) atoms. The number of fused-ring (bicyclic) bond motifs is 3. The molecule has 3 saturated carbocycles. The molecule has 1 amide bonds. The van der Waals surface area contributed by atoms with Crippen LogP contribution in [0.1, 0.15) is 25.7 Å². The molecule has 7 nitrogen and oxygen atoms in total. The molecular formula is C15H24N2O5S. The predicted octanol–water partition coefficient (Wildman–Crippen LogP) is 0.227. The van der Waals surface area contributed by atoms with E-state index >= 15 is 0 Å². The van der Waals surface area contributed by atoms with Gasteiger partial charge in [-0.1, -0.05) is 0 Å². The number of hydrogen-bond donors (Lipinski definition) is 1. The first-order valence-electron chi connectivity index (χ1n) is 8.25. The number of carboxylic acid groups (broad SMARTS) is 1. The number of carbonyl (C=O) groups excluding carboxylic acids is 1. The minimum atomic E-state index is -3.23. The zero-order chi connectivity index (χ0) is 16.8. The molecular weight excluding hydrogens is 320 g/mol. The van der Waals surface area contributed by atoms with Crippen molar-refractivity contribution in [2.75, 3.05) is 32.4 Å². The summed E-state index contributed by atoms with van der Waals surface area (Å²) < 4.78 is 24.5. The lowest BCUT2D eigenvalue weighted by atomic mass is 9.58. The van der Waals surface area contributed by atoms with Crippen LogP contribution in [0.15, 0.2) is 0 Å². The summed E-state index contributed by atoms with van der Waals surface area (Å²) in [7, 11) is -3.23. The number of carboxylic acids is 1. The standard InChI is InChI=1S/C15H24N2O5S/c1-23(21,22)17-8-6-16(7-9-17)14(18)12-10-2-4-11(5-3-10)13(12)15(19)20/h10-13H,2-9H2,1H3,(H,19,20)/t10?,11?,12-,13-/m0/s1. The molecule has 1 N–H and O–H groups in total. The first kappa shape index (κ1) is 16.7. The molecule has 1 heterocycles. The van der Waals surface area contributed by atoms with Gasteiger partial charge in [0.1, 0.15) is 0 Å². The van der Waals surface area contributed by atoms with Crippen LogP contribution in [0.25, 0.3) is 0 Å². The van der Waals surface area contributed by atoms with E-state index in [4.69, 9.17) is 0 Å². The van der Waals surface area contributed by atoms with Gasteiger partial charge in [0.15, 0.2) is 0 Å². The van der Waals surface area contributed by atoms with Gasteiger partial charge in [-0.25, -0.2) is 8.42 Å². The van der Waals surface area contributed by atoms with Gasteiger partial charge < -0.3 is 10.0 Å². The molecule has 1 saturated heterocycles. The number of carbonyl (C=O) groups is 2. The Hall–Kier alpha value is -1.15. The summed E-state index contributed by atoms with van der Waals surface area (Å²) in [5.41, 5.74) is 0.